The maximum Gasteiger partial charge on any atom is 0.328 e. The van der Waals surface area contributed by atoms with Gasteiger partial charge in [0.2, 0.25) is 0 Å². The van der Waals surface area contributed by atoms with Gasteiger partial charge in [0.05, 0.1) is 12.6 Å². The maximum absolute atomic E-state index is 12.4. The predicted molar refractivity (Wildman–Crippen MR) is 72.3 cm³/mol. The second-order valence-corrected chi connectivity index (χ2v) is 4.62. The summed E-state index contributed by atoms with van der Waals surface area (Å²) in [7, 11) is 1.29. The van der Waals surface area contributed by atoms with Crippen LogP contribution in [-0.2, 0) is 9.53 Å². The molecule has 0 N–H and O–H groups in total. The van der Waals surface area contributed by atoms with Crippen molar-refractivity contribution in [3.05, 3.63) is 28.7 Å². The van der Waals surface area contributed by atoms with Crippen LogP contribution in [0.15, 0.2) is 28.3 Å². The van der Waals surface area contributed by atoms with Crippen LogP contribution in [0.5, 0.6) is 0 Å². The van der Waals surface area contributed by atoms with E-state index in [0.717, 1.165) is 0 Å². The first-order chi connectivity index (χ1) is 9.10. The van der Waals surface area contributed by atoms with E-state index in [1.54, 1.807) is 25.3 Å². The fourth-order valence-electron chi connectivity index (χ4n) is 1.77. The van der Waals surface area contributed by atoms with Gasteiger partial charge in [-0.15, -0.1) is 0 Å². The average Bonchev–Trinajstić information content (AvgIpc) is 2.45. The number of hydrogen-bond acceptors (Lipinski definition) is 6. The van der Waals surface area contributed by atoms with E-state index in [1.165, 1.54) is 29.6 Å². The fourth-order valence-corrected chi connectivity index (χ4v) is 2.40. The molecule has 19 heavy (non-hydrogen) atoms. The third-order valence-electron chi connectivity index (χ3n) is 2.74. The third kappa shape index (κ3) is 2.33. The minimum Gasteiger partial charge on any atom is -0.467 e. The van der Waals surface area contributed by atoms with Crippen LogP contribution in [0.2, 0.25) is 0 Å². The topological polar surface area (TPSA) is 74.1 Å². The Balaban J connectivity index is 2.75. The molecule has 0 aliphatic heterocycles. The highest BCUT2D eigenvalue weighted by Gasteiger charge is 2.22. The van der Waals surface area contributed by atoms with Crippen molar-refractivity contribution in [1.82, 2.24) is 14.5 Å². The largest absolute Gasteiger partial charge is 0.467 e. The van der Waals surface area contributed by atoms with Gasteiger partial charge >= 0.3 is 5.97 Å². The summed E-state index contributed by atoms with van der Waals surface area (Å²) < 4.78 is 5.99. The van der Waals surface area contributed by atoms with Gasteiger partial charge in [-0.25, -0.2) is 14.8 Å². The summed E-state index contributed by atoms with van der Waals surface area (Å²) in [5.74, 6) is -0.491. The van der Waals surface area contributed by atoms with Crippen LogP contribution >= 0.6 is 11.8 Å². The summed E-state index contributed by atoms with van der Waals surface area (Å²) in [4.78, 5) is 32.4. The SMILES string of the molecule is COC(=O)[C@H](C)n1c(SC)nc2cccnc2c1=O. The average molecular weight is 279 g/mol. The molecule has 0 unspecified atom stereocenters. The van der Waals surface area contributed by atoms with Crippen molar-refractivity contribution in [3.63, 3.8) is 0 Å². The number of aromatic nitrogens is 3. The Hall–Kier alpha value is -1.89. The molecule has 0 spiro atoms. The normalized spacial score (nSPS) is 12.4. The van der Waals surface area contributed by atoms with Gasteiger partial charge in [-0.3, -0.25) is 9.36 Å². The molecule has 0 radical (unpaired) electrons. The summed E-state index contributed by atoms with van der Waals surface area (Å²) in [6.07, 6.45) is 3.32. The molecule has 7 heteroatoms. The lowest BCUT2D eigenvalue weighted by molar-refractivity contribution is -0.144. The highest BCUT2D eigenvalue weighted by atomic mass is 32.2. The summed E-state index contributed by atoms with van der Waals surface area (Å²) in [5.41, 5.74) is 0.425. The molecule has 2 rings (SSSR count). The number of carbonyl (C=O) groups excluding carboxylic acids is 1. The molecule has 2 heterocycles. The summed E-state index contributed by atoms with van der Waals surface area (Å²) in [6.45, 7) is 1.60. The van der Waals surface area contributed by atoms with Crippen molar-refractivity contribution >= 4 is 28.8 Å². The molecule has 100 valence electrons. The number of thioether (sulfide) groups is 1. The Kier molecular flexibility index (Phi) is 3.84. The molecule has 0 aromatic carbocycles. The fraction of sp³-hybridized carbons (Fsp3) is 0.333. The van der Waals surface area contributed by atoms with Crippen molar-refractivity contribution in [2.45, 2.75) is 18.1 Å². The first kappa shape index (κ1) is 13.5. The number of ether oxygens (including phenoxy) is 1. The van der Waals surface area contributed by atoms with E-state index in [1.807, 2.05) is 0 Å². The summed E-state index contributed by atoms with van der Waals surface area (Å²) in [5, 5.41) is 0.461. The lowest BCUT2D eigenvalue weighted by Gasteiger charge is -2.16. The minimum absolute atomic E-state index is 0.246. The Labute approximate surface area is 113 Å². The maximum atomic E-state index is 12.4. The molecular weight excluding hydrogens is 266 g/mol. The molecule has 1 atom stereocenters. The van der Waals surface area contributed by atoms with Gasteiger partial charge in [0.25, 0.3) is 5.56 Å². The Morgan fingerprint density at radius 3 is 2.89 bits per heavy atom. The van der Waals surface area contributed by atoms with Gasteiger partial charge in [-0.1, -0.05) is 11.8 Å². The van der Waals surface area contributed by atoms with Crippen LogP contribution in [-0.4, -0.2) is 33.9 Å². The second-order valence-electron chi connectivity index (χ2n) is 3.84. The molecular formula is C12H13N3O3S. The van der Waals surface area contributed by atoms with Crippen molar-refractivity contribution in [2.24, 2.45) is 0 Å². The van der Waals surface area contributed by atoms with Crippen molar-refractivity contribution in [3.8, 4) is 0 Å². The number of pyridine rings is 1. The molecule has 0 bridgehead atoms. The van der Waals surface area contributed by atoms with E-state index in [9.17, 15) is 9.59 Å². The molecule has 6 nitrogen and oxygen atoms in total. The predicted octanol–water partition coefficient (Wildman–Crippen LogP) is 1.25. The van der Waals surface area contributed by atoms with Gasteiger partial charge in [0.1, 0.15) is 6.04 Å². The number of methoxy groups -OCH3 is 1. The molecule has 2 aromatic heterocycles. The molecule has 0 amide bonds. The zero-order chi connectivity index (χ0) is 14.0. The molecule has 2 aromatic rings. The van der Waals surface area contributed by atoms with E-state index < -0.39 is 12.0 Å². The van der Waals surface area contributed by atoms with Gasteiger partial charge in [-0.2, -0.15) is 0 Å². The number of carbonyl (C=O) groups is 1. The molecule has 0 aliphatic rings. The highest BCUT2D eigenvalue weighted by Crippen LogP contribution is 2.18. The summed E-state index contributed by atoms with van der Waals surface area (Å²) >= 11 is 1.30. The zero-order valence-electron chi connectivity index (χ0n) is 10.8. The highest BCUT2D eigenvalue weighted by molar-refractivity contribution is 7.98. The number of rotatable bonds is 3. The van der Waals surface area contributed by atoms with Crippen LogP contribution < -0.4 is 5.56 Å². The van der Waals surface area contributed by atoms with Crippen molar-refractivity contribution < 1.29 is 9.53 Å². The zero-order valence-corrected chi connectivity index (χ0v) is 11.6. The second kappa shape index (κ2) is 5.40. The van der Waals surface area contributed by atoms with Gasteiger partial charge < -0.3 is 4.74 Å². The molecule has 0 fully saturated rings. The van der Waals surface area contributed by atoms with E-state index in [0.29, 0.717) is 10.7 Å². The molecule has 0 aliphatic carbocycles. The van der Waals surface area contributed by atoms with E-state index >= 15 is 0 Å². The number of fused-ring (bicyclic) bond motifs is 1. The van der Waals surface area contributed by atoms with Crippen LogP contribution in [0.25, 0.3) is 11.0 Å². The number of hydrogen-bond donors (Lipinski definition) is 0. The van der Waals surface area contributed by atoms with Crippen molar-refractivity contribution in [1.29, 1.82) is 0 Å². The third-order valence-corrected chi connectivity index (χ3v) is 3.40. The Morgan fingerprint density at radius 2 is 2.26 bits per heavy atom. The monoisotopic (exact) mass is 279 g/mol. The summed E-state index contributed by atoms with van der Waals surface area (Å²) in [6, 6.07) is 2.70. The smallest absolute Gasteiger partial charge is 0.328 e. The molecule has 0 saturated carbocycles. The van der Waals surface area contributed by atoms with Crippen molar-refractivity contribution in [2.75, 3.05) is 13.4 Å². The first-order valence-electron chi connectivity index (χ1n) is 5.59. The van der Waals surface area contributed by atoms with Crippen LogP contribution in [0.1, 0.15) is 13.0 Å². The molecule has 0 saturated heterocycles. The Morgan fingerprint density at radius 1 is 1.53 bits per heavy atom. The Bertz CT molecular complexity index is 683. The quantitative estimate of drug-likeness (QED) is 0.478. The lowest BCUT2D eigenvalue weighted by Crippen LogP contribution is -2.31. The van der Waals surface area contributed by atoms with Crippen LogP contribution in [0.3, 0.4) is 0 Å². The van der Waals surface area contributed by atoms with Crippen LogP contribution in [0, 0.1) is 0 Å². The number of esters is 1. The van der Waals surface area contributed by atoms with E-state index in [4.69, 9.17) is 0 Å². The van der Waals surface area contributed by atoms with Crippen LogP contribution in [0.4, 0.5) is 0 Å². The minimum atomic E-state index is -0.737. The lowest BCUT2D eigenvalue weighted by atomic mass is 10.3. The van der Waals surface area contributed by atoms with E-state index in [2.05, 4.69) is 14.7 Å². The van der Waals surface area contributed by atoms with E-state index in [-0.39, 0.29) is 11.1 Å². The van der Waals surface area contributed by atoms with Gasteiger partial charge in [0, 0.05) is 6.20 Å². The standard InChI is InChI=1S/C12H13N3O3S/c1-7(11(17)18-2)15-10(16)9-8(5-4-6-13-9)14-12(15)19-3/h4-7H,1-3H3/t7-/m0/s1. The number of nitrogens with zero attached hydrogens (tertiary/aromatic N) is 3. The van der Waals surface area contributed by atoms with Gasteiger partial charge in [0.15, 0.2) is 10.7 Å². The first-order valence-corrected chi connectivity index (χ1v) is 6.81. The van der Waals surface area contributed by atoms with Gasteiger partial charge in [-0.05, 0) is 25.3 Å².